The fourth-order valence-corrected chi connectivity index (χ4v) is 3.16. The third-order valence-electron chi connectivity index (χ3n) is 4.68. The molecule has 0 bridgehead atoms. The Kier molecular flexibility index (Phi) is 6.16. The van der Waals surface area contributed by atoms with Gasteiger partial charge in [0.25, 0.3) is 0 Å². The lowest BCUT2D eigenvalue weighted by Crippen LogP contribution is -2.10. The summed E-state index contributed by atoms with van der Waals surface area (Å²) in [5, 5.41) is 4.50. The van der Waals surface area contributed by atoms with Gasteiger partial charge in [-0.2, -0.15) is 18.3 Å². The van der Waals surface area contributed by atoms with Crippen LogP contribution in [0.5, 0.6) is 5.75 Å². The normalized spacial score (nSPS) is 11.5. The summed E-state index contributed by atoms with van der Waals surface area (Å²) in [6.45, 7) is -0.493. The number of aryl methyl sites for hydroxylation is 1. The maximum Gasteiger partial charge on any atom is 0.433 e. The molecule has 0 saturated carbocycles. The van der Waals surface area contributed by atoms with Gasteiger partial charge in [0.1, 0.15) is 30.4 Å². The van der Waals surface area contributed by atoms with E-state index in [0.717, 1.165) is 22.8 Å². The number of hydrogen-bond acceptors (Lipinski definition) is 4. The molecule has 0 aliphatic carbocycles. The molecule has 32 heavy (non-hydrogen) atoms. The van der Waals surface area contributed by atoms with Gasteiger partial charge in [0.2, 0.25) is 0 Å². The van der Waals surface area contributed by atoms with E-state index in [9.17, 15) is 17.6 Å². The highest BCUT2D eigenvalue weighted by Crippen LogP contribution is 2.32. The first-order valence-electron chi connectivity index (χ1n) is 9.74. The Labute approximate surface area is 181 Å². The van der Waals surface area contributed by atoms with Gasteiger partial charge in [0.05, 0.1) is 12.2 Å². The van der Waals surface area contributed by atoms with Crippen LogP contribution in [0.2, 0.25) is 0 Å². The predicted molar refractivity (Wildman–Crippen MR) is 110 cm³/mol. The van der Waals surface area contributed by atoms with E-state index in [2.05, 4.69) is 15.1 Å². The zero-order valence-electron chi connectivity index (χ0n) is 16.8. The molecule has 1 aromatic carbocycles. The average molecular weight is 442 g/mol. The van der Waals surface area contributed by atoms with Gasteiger partial charge in [-0.25, -0.2) is 9.37 Å². The van der Waals surface area contributed by atoms with Crippen LogP contribution in [-0.4, -0.2) is 26.4 Å². The van der Waals surface area contributed by atoms with Crippen LogP contribution in [0.25, 0.3) is 22.4 Å². The van der Waals surface area contributed by atoms with Gasteiger partial charge in [0.15, 0.2) is 0 Å². The molecule has 5 nitrogen and oxygen atoms in total. The van der Waals surface area contributed by atoms with Crippen LogP contribution in [0.1, 0.15) is 11.4 Å². The molecule has 3 aromatic heterocycles. The standard InChI is InChI=1S/C23H18F4N4O/c24-10-13-31-14-20(16-8-11-28-12-9-16)22(30-31)17-4-6-19(7-5-17)32-15-18-2-1-3-21(29-18)23(25,26)27/h1-9,11-12,14H,10,13,15H2. The van der Waals surface area contributed by atoms with Gasteiger partial charge < -0.3 is 4.74 Å². The Morgan fingerprint density at radius 2 is 1.66 bits per heavy atom. The lowest BCUT2D eigenvalue weighted by molar-refractivity contribution is -0.141. The van der Waals surface area contributed by atoms with Crippen molar-refractivity contribution in [2.75, 3.05) is 6.67 Å². The van der Waals surface area contributed by atoms with Gasteiger partial charge in [0, 0.05) is 29.7 Å². The van der Waals surface area contributed by atoms with E-state index in [0.29, 0.717) is 11.4 Å². The number of aromatic nitrogens is 4. The van der Waals surface area contributed by atoms with Gasteiger partial charge in [-0.3, -0.25) is 9.67 Å². The van der Waals surface area contributed by atoms with Crippen molar-refractivity contribution in [1.82, 2.24) is 19.7 Å². The van der Waals surface area contributed by atoms with E-state index in [1.54, 1.807) is 47.5 Å². The van der Waals surface area contributed by atoms with Gasteiger partial charge in [-0.05, 0) is 54.1 Å². The van der Waals surface area contributed by atoms with Gasteiger partial charge in [-0.15, -0.1) is 0 Å². The zero-order valence-corrected chi connectivity index (χ0v) is 16.8. The van der Waals surface area contributed by atoms with Gasteiger partial charge >= 0.3 is 6.18 Å². The molecule has 0 unspecified atom stereocenters. The lowest BCUT2D eigenvalue weighted by Gasteiger charge is -2.09. The van der Waals surface area contributed by atoms with Crippen molar-refractivity contribution in [3.8, 4) is 28.1 Å². The van der Waals surface area contributed by atoms with Crippen molar-refractivity contribution in [2.45, 2.75) is 19.3 Å². The number of nitrogens with zero attached hydrogens (tertiary/aromatic N) is 4. The summed E-state index contributed by atoms with van der Waals surface area (Å²) in [6, 6.07) is 14.4. The molecule has 4 aromatic rings. The summed E-state index contributed by atoms with van der Waals surface area (Å²) in [6.07, 6.45) is 0.623. The molecule has 0 spiro atoms. The van der Waals surface area contributed by atoms with Crippen molar-refractivity contribution in [1.29, 1.82) is 0 Å². The lowest BCUT2D eigenvalue weighted by atomic mass is 10.0. The van der Waals surface area contributed by atoms with Crippen LogP contribution >= 0.6 is 0 Å². The molecule has 164 valence electrons. The van der Waals surface area contributed by atoms with Crippen molar-refractivity contribution < 1.29 is 22.3 Å². The second-order valence-electron chi connectivity index (χ2n) is 6.90. The molecule has 0 aliphatic rings. The highest BCUT2D eigenvalue weighted by molar-refractivity contribution is 5.80. The van der Waals surface area contributed by atoms with E-state index >= 15 is 0 Å². The monoisotopic (exact) mass is 442 g/mol. The molecule has 0 fully saturated rings. The summed E-state index contributed by atoms with van der Waals surface area (Å²) in [5.74, 6) is 0.474. The second kappa shape index (κ2) is 9.17. The molecule has 0 N–H and O–H groups in total. The minimum atomic E-state index is -4.50. The molecule has 0 atom stereocenters. The summed E-state index contributed by atoms with van der Waals surface area (Å²) in [7, 11) is 0. The van der Waals surface area contributed by atoms with E-state index in [4.69, 9.17) is 4.74 Å². The third kappa shape index (κ3) is 4.93. The van der Waals surface area contributed by atoms with Crippen LogP contribution < -0.4 is 4.74 Å². The number of halogens is 4. The van der Waals surface area contributed by atoms with Crippen molar-refractivity contribution in [3.05, 3.63) is 84.6 Å². The molecule has 9 heteroatoms. The zero-order chi connectivity index (χ0) is 22.6. The quantitative estimate of drug-likeness (QED) is 0.351. The van der Waals surface area contributed by atoms with Gasteiger partial charge in [-0.1, -0.05) is 6.07 Å². The molecular weight excluding hydrogens is 424 g/mol. The Morgan fingerprint density at radius 1 is 0.906 bits per heavy atom. The predicted octanol–water partition coefficient (Wildman–Crippen LogP) is 5.57. The largest absolute Gasteiger partial charge is 0.487 e. The molecule has 0 amide bonds. The first kappa shape index (κ1) is 21.5. The van der Waals surface area contributed by atoms with Crippen LogP contribution in [-0.2, 0) is 19.3 Å². The summed E-state index contributed by atoms with van der Waals surface area (Å²) in [4.78, 5) is 7.61. The van der Waals surface area contributed by atoms with E-state index < -0.39 is 18.5 Å². The fraction of sp³-hybridized carbons (Fsp3) is 0.174. The molecule has 4 rings (SSSR count). The van der Waals surface area contributed by atoms with Crippen molar-refractivity contribution >= 4 is 0 Å². The summed E-state index contributed by atoms with van der Waals surface area (Å²) < 4.78 is 58.4. The molecule has 3 heterocycles. The highest BCUT2D eigenvalue weighted by Gasteiger charge is 2.32. The average Bonchev–Trinajstić information content (AvgIpc) is 3.22. The van der Waals surface area contributed by atoms with E-state index in [1.807, 2.05) is 12.1 Å². The first-order chi connectivity index (χ1) is 15.4. The van der Waals surface area contributed by atoms with Crippen molar-refractivity contribution in [2.24, 2.45) is 0 Å². The number of benzene rings is 1. The minimum absolute atomic E-state index is 0.101. The topological polar surface area (TPSA) is 52.8 Å². The summed E-state index contributed by atoms with van der Waals surface area (Å²) in [5.41, 5.74) is 2.42. The van der Waals surface area contributed by atoms with Crippen LogP contribution in [0.15, 0.2) is 73.2 Å². The highest BCUT2D eigenvalue weighted by atomic mass is 19.4. The Balaban J connectivity index is 1.53. The van der Waals surface area contributed by atoms with Crippen LogP contribution in [0.3, 0.4) is 0 Å². The second-order valence-corrected chi connectivity index (χ2v) is 6.90. The molecule has 0 aliphatic heterocycles. The smallest absolute Gasteiger partial charge is 0.433 e. The minimum Gasteiger partial charge on any atom is -0.487 e. The maximum atomic E-state index is 12.8. The SMILES string of the molecule is FCCn1cc(-c2ccncc2)c(-c2ccc(OCc3cccc(C(F)(F)F)n3)cc2)n1. The summed E-state index contributed by atoms with van der Waals surface area (Å²) >= 11 is 0. The molecular formula is C23H18F4N4O. The maximum absolute atomic E-state index is 12.8. The van der Waals surface area contributed by atoms with Crippen LogP contribution in [0, 0.1) is 0 Å². The number of pyridine rings is 2. The van der Waals surface area contributed by atoms with E-state index in [-0.39, 0.29) is 18.8 Å². The van der Waals surface area contributed by atoms with Crippen LogP contribution in [0.4, 0.5) is 17.6 Å². The molecule has 0 radical (unpaired) electrons. The molecule has 0 saturated heterocycles. The van der Waals surface area contributed by atoms with E-state index in [1.165, 1.54) is 12.1 Å². The Hall–Kier alpha value is -3.75. The Morgan fingerprint density at radius 3 is 2.34 bits per heavy atom. The third-order valence-corrected chi connectivity index (χ3v) is 4.68. The number of hydrogen-bond donors (Lipinski definition) is 0. The fourth-order valence-electron chi connectivity index (χ4n) is 3.16. The Bertz CT molecular complexity index is 1170. The number of alkyl halides is 4. The van der Waals surface area contributed by atoms with Crippen molar-refractivity contribution in [3.63, 3.8) is 0 Å². The first-order valence-corrected chi connectivity index (χ1v) is 9.74. The number of ether oxygens (including phenoxy) is 1. The number of rotatable bonds is 7.